The molecule has 5 heterocycles. The van der Waals surface area contributed by atoms with Gasteiger partial charge < -0.3 is 15.5 Å². The maximum Gasteiger partial charge on any atom is 0.326 e. The van der Waals surface area contributed by atoms with Gasteiger partial charge in [0.1, 0.15) is 17.7 Å². The molecule has 12 heteroatoms. The number of likely N-dealkylation sites (tertiary alicyclic amines) is 1. The molecule has 2 aliphatic heterocycles. The van der Waals surface area contributed by atoms with Crippen LogP contribution in [0.5, 0.6) is 0 Å². The smallest absolute Gasteiger partial charge is 0.326 e. The van der Waals surface area contributed by atoms with Gasteiger partial charge in [-0.05, 0) is 43.9 Å². The van der Waals surface area contributed by atoms with Gasteiger partial charge in [0.25, 0.3) is 11.8 Å². The maximum absolute atomic E-state index is 13.5. The summed E-state index contributed by atoms with van der Waals surface area (Å²) in [6.07, 6.45) is 5.17. The van der Waals surface area contributed by atoms with Crippen LogP contribution in [0.15, 0.2) is 30.1 Å². The van der Waals surface area contributed by atoms with Crippen molar-refractivity contribution in [2.24, 2.45) is 0 Å². The van der Waals surface area contributed by atoms with E-state index in [-0.39, 0.29) is 11.6 Å². The summed E-state index contributed by atoms with van der Waals surface area (Å²) in [5.41, 5.74) is 1.86. The van der Waals surface area contributed by atoms with E-state index < -0.39 is 18.1 Å². The number of amides is 4. The summed E-state index contributed by atoms with van der Waals surface area (Å²) in [7, 11) is 0. The van der Waals surface area contributed by atoms with Crippen molar-refractivity contribution in [2.75, 3.05) is 18.4 Å². The second kappa shape index (κ2) is 8.45. The summed E-state index contributed by atoms with van der Waals surface area (Å²) in [5, 5.41) is 12.6. The number of carbonyl (C=O) groups excluding carboxylic acids is 3. The molecule has 35 heavy (non-hydrogen) atoms. The Morgan fingerprint density at radius 1 is 1.17 bits per heavy atom. The van der Waals surface area contributed by atoms with Crippen molar-refractivity contribution >= 4 is 46.7 Å². The molecular formula is C23H22FN7O3S. The molecule has 0 atom stereocenters. The average Bonchev–Trinajstić information content (AvgIpc) is 3.23. The average molecular weight is 496 g/mol. The molecule has 1 saturated carbocycles. The first-order valence-corrected chi connectivity index (χ1v) is 12.3. The number of fused-ring (bicyclic) bond motifs is 1. The number of urea groups is 1. The predicted molar refractivity (Wildman–Crippen MR) is 128 cm³/mol. The van der Waals surface area contributed by atoms with E-state index in [1.54, 1.807) is 21.7 Å². The van der Waals surface area contributed by atoms with E-state index in [1.807, 2.05) is 12.1 Å². The van der Waals surface area contributed by atoms with Gasteiger partial charge in [0.05, 0.1) is 21.6 Å². The van der Waals surface area contributed by atoms with Crippen LogP contribution in [0, 0.1) is 0 Å². The first kappa shape index (κ1) is 21.7. The van der Waals surface area contributed by atoms with Crippen LogP contribution in [0.2, 0.25) is 0 Å². The molecule has 3 fully saturated rings. The largest absolute Gasteiger partial charge is 0.367 e. The van der Waals surface area contributed by atoms with Crippen molar-refractivity contribution in [3.63, 3.8) is 0 Å². The van der Waals surface area contributed by atoms with Crippen molar-refractivity contribution in [3.05, 3.63) is 40.5 Å². The van der Waals surface area contributed by atoms with Gasteiger partial charge >= 0.3 is 6.03 Å². The Morgan fingerprint density at radius 2 is 1.97 bits per heavy atom. The van der Waals surface area contributed by atoms with Gasteiger partial charge in [-0.25, -0.2) is 14.2 Å². The molecule has 0 aromatic carbocycles. The number of alkyl halides is 1. The van der Waals surface area contributed by atoms with E-state index in [9.17, 15) is 18.8 Å². The number of imide groups is 1. The van der Waals surface area contributed by atoms with E-state index in [1.165, 1.54) is 17.4 Å². The Labute approximate surface area is 203 Å². The topological polar surface area (TPSA) is 121 Å². The summed E-state index contributed by atoms with van der Waals surface area (Å²) < 4.78 is 15.1. The van der Waals surface area contributed by atoms with E-state index in [4.69, 9.17) is 4.98 Å². The molecule has 3 aromatic rings. The third-order valence-corrected chi connectivity index (χ3v) is 7.32. The number of nitrogens with zero attached hydrogens (tertiary/aromatic N) is 4. The molecule has 3 aliphatic rings. The molecule has 10 nitrogen and oxygen atoms in total. The van der Waals surface area contributed by atoms with Crippen LogP contribution in [-0.2, 0) is 4.79 Å². The van der Waals surface area contributed by atoms with Crippen LogP contribution in [0.3, 0.4) is 0 Å². The highest BCUT2D eigenvalue weighted by Gasteiger charge is 2.27. The molecule has 4 amide bonds. The Bertz CT molecular complexity index is 1380. The molecule has 3 aromatic heterocycles. The fraction of sp³-hybridized carbons (Fsp3) is 0.348. The van der Waals surface area contributed by atoms with E-state index in [0.717, 1.165) is 23.5 Å². The maximum atomic E-state index is 13.5. The van der Waals surface area contributed by atoms with Gasteiger partial charge in [0.15, 0.2) is 5.65 Å². The molecule has 0 spiro atoms. The summed E-state index contributed by atoms with van der Waals surface area (Å²) >= 11 is 1.34. The molecule has 0 bridgehead atoms. The SMILES string of the molecule is O=C1NC(=O)/C(=C/c2cnn3c(NC4CC4)cc(-c4ccc(C(=O)N5CCC(F)CC5)s4)nc23)N1. The highest BCUT2D eigenvalue weighted by atomic mass is 32.1. The minimum atomic E-state index is -0.838. The van der Waals surface area contributed by atoms with Crippen molar-refractivity contribution in [1.29, 1.82) is 0 Å². The summed E-state index contributed by atoms with van der Waals surface area (Å²) in [5.74, 6) is 0.145. The van der Waals surface area contributed by atoms with Crippen LogP contribution in [0.25, 0.3) is 22.3 Å². The lowest BCUT2D eigenvalue weighted by Crippen LogP contribution is -2.38. The number of rotatable bonds is 5. The zero-order valence-corrected chi connectivity index (χ0v) is 19.4. The van der Waals surface area contributed by atoms with Gasteiger partial charge in [0.2, 0.25) is 0 Å². The molecule has 180 valence electrons. The zero-order chi connectivity index (χ0) is 24.1. The Hall–Kier alpha value is -3.80. The monoisotopic (exact) mass is 495 g/mol. The van der Waals surface area contributed by atoms with Crippen molar-refractivity contribution < 1.29 is 18.8 Å². The summed E-state index contributed by atoms with van der Waals surface area (Å²) in [6.45, 7) is 0.843. The number of halogens is 1. The number of piperidine rings is 1. The first-order valence-electron chi connectivity index (χ1n) is 11.5. The molecule has 2 saturated heterocycles. The Kier molecular flexibility index (Phi) is 5.24. The summed E-state index contributed by atoms with van der Waals surface area (Å²) in [4.78, 5) is 44.3. The number of aromatic nitrogens is 3. The van der Waals surface area contributed by atoms with Crippen LogP contribution in [-0.4, -0.2) is 62.6 Å². The van der Waals surface area contributed by atoms with Gasteiger partial charge in [-0.15, -0.1) is 11.3 Å². The normalized spacial score (nSPS) is 19.9. The molecule has 1 aliphatic carbocycles. The lowest BCUT2D eigenvalue weighted by atomic mass is 10.1. The lowest BCUT2D eigenvalue weighted by molar-refractivity contribution is -0.115. The third kappa shape index (κ3) is 4.25. The number of thiophene rings is 1. The predicted octanol–water partition coefficient (Wildman–Crippen LogP) is 2.79. The Morgan fingerprint density at radius 3 is 2.69 bits per heavy atom. The third-order valence-electron chi connectivity index (χ3n) is 6.23. The first-order chi connectivity index (χ1) is 16.9. The van der Waals surface area contributed by atoms with Crippen molar-refractivity contribution in [2.45, 2.75) is 37.9 Å². The zero-order valence-electron chi connectivity index (χ0n) is 18.6. The second-order valence-electron chi connectivity index (χ2n) is 8.88. The number of hydrogen-bond donors (Lipinski definition) is 3. The molecule has 3 N–H and O–H groups in total. The quantitative estimate of drug-likeness (QED) is 0.370. The van der Waals surface area contributed by atoms with Crippen molar-refractivity contribution in [1.82, 2.24) is 30.1 Å². The van der Waals surface area contributed by atoms with Crippen LogP contribution in [0.4, 0.5) is 15.0 Å². The number of nitrogens with one attached hydrogen (secondary N) is 3. The van der Waals surface area contributed by atoms with Gasteiger partial charge in [-0.3, -0.25) is 14.9 Å². The standard InChI is InChI=1S/C23H22FN7O3S/c24-13-5-7-30(8-6-13)22(33)18-4-3-17(35-18)15-10-19(26-14-1-2-14)31-20(27-15)12(11-25-31)9-16-21(32)29-23(34)28-16/h3-4,9-11,13-14,26H,1-2,5-8H2,(H2,28,29,32,34)/b16-9-. The number of hydrogen-bond acceptors (Lipinski definition) is 7. The Balaban J connectivity index is 1.36. The minimum absolute atomic E-state index is 0.0941. The van der Waals surface area contributed by atoms with Gasteiger partial charge in [-0.1, -0.05) is 0 Å². The van der Waals surface area contributed by atoms with Gasteiger partial charge in [-0.2, -0.15) is 9.61 Å². The van der Waals surface area contributed by atoms with Gasteiger partial charge in [0, 0.05) is 30.8 Å². The van der Waals surface area contributed by atoms with E-state index in [2.05, 4.69) is 21.0 Å². The van der Waals surface area contributed by atoms with Crippen LogP contribution in [0.1, 0.15) is 40.9 Å². The number of carbonyl (C=O) groups is 3. The van der Waals surface area contributed by atoms with Crippen LogP contribution < -0.4 is 16.0 Å². The lowest BCUT2D eigenvalue weighted by Gasteiger charge is -2.28. The minimum Gasteiger partial charge on any atom is -0.367 e. The molecular weight excluding hydrogens is 473 g/mol. The fourth-order valence-electron chi connectivity index (χ4n) is 4.18. The van der Waals surface area contributed by atoms with Crippen LogP contribution >= 0.6 is 11.3 Å². The van der Waals surface area contributed by atoms with E-state index >= 15 is 0 Å². The fourth-order valence-corrected chi connectivity index (χ4v) is 5.12. The van der Waals surface area contributed by atoms with Crippen molar-refractivity contribution in [3.8, 4) is 10.6 Å². The molecule has 6 rings (SSSR count). The molecule has 0 unspecified atom stereocenters. The van der Waals surface area contributed by atoms with E-state index in [0.29, 0.717) is 53.8 Å². The highest BCUT2D eigenvalue weighted by molar-refractivity contribution is 7.17. The summed E-state index contributed by atoms with van der Waals surface area (Å²) in [6, 6.07) is 5.32. The second-order valence-corrected chi connectivity index (χ2v) is 9.96. The highest BCUT2D eigenvalue weighted by Crippen LogP contribution is 2.33. The number of anilines is 1. The molecule has 0 radical (unpaired) electrons.